The number of hydrogen-bond acceptors (Lipinski definition) is 3. The van der Waals surface area contributed by atoms with Gasteiger partial charge in [0, 0.05) is 12.5 Å². The van der Waals surface area contributed by atoms with Gasteiger partial charge in [-0.3, -0.25) is 4.79 Å². The van der Waals surface area contributed by atoms with Crippen LogP contribution in [-0.4, -0.2) is 22.3 Å². The summed E-state index contributed by atoms with van der Waals surface area (Å²) in [6, 6.07) is 10.2. The van der Waals surface area contributed by atoms with Crippen LogP contribution in [0.5, 0.6) is 0 Å². The predicted molar refractivity (Wildman–Crippen MR) is 110 cm³/mol. The van der Waals surface area contributed by atoms with Gasteiger partial charge in [0.25, 0.3) is 0 Å². The number of benzene rings is 2. The largest absolute Gasteiger partial charge is 0.438 e. The van der Waals surface area contributed by atoms with Crippen molar-refractivity contribution in [3.8, 4) is 11.1 Å². The smallest absolute Gasteiger partial charge is 0.417 e. The Balaban J connectivity index is 1.47. The standard InChI is InChI=1S/C24H23F3N2O2/c25-24(26,27)18-9-4-3-8-17(18)16-11-12-21-19(14-16)28-22(31-21)20-10-5-13-29(20)23(30)15-6-1-2-7-15/h3-4,8-9,11-12,14-15,20H,1-2,5-7,10,13H2. The molecule has 1 saturated carbocycles. The summed E-state index contributed by atoms with van der Waals surface area (Å²) in [5.41, 5.74) is 0.890. The second kappa shape index (κ2) is 7.70. The molecule has 2 aromatic carbocycles. The molecule has 1 aliphatic heterocycles. The van der Waals surface area contributed by atoms with E-state index in [-0.39, 0.29) is 23.4 Å². The van der Waals surface area contributed by atoms with Crippen LogP contribution in [0.4, 0.5) is 13.2 Å². The third-order valence-electron chi connectivity index (χ3n) is 6.47. The zero-order valence-electron chi connectivity index (χ0n) is 17.0. The van der Waals surface area contributed by atoms with Crippen LogP contribution in [0.25, 0.3) is 22.2 Å². The minimum atomic E-state index is -4.44. The van der Waals surface area contributed by atoms with Gasteiger partial charge < -0.3 is 9.32 Å². The minimum Gasteiger partial charge on any atom is -0.438 e. The molecule has 2 aliphatic rings. The second-order valence-corrected chi connectivity index (χ2v) is 8.45. The van der Waals surface area contributed by atoms with E-state index >= 15 is 0 Å². The van der Waals surface area contributed by atoms with Crippen molar-refractivity contribution >= 4 is 17.0 Å². The highest BCUT2D eigenvalue weighted by Crippen LogP contribution is 2.39. The highest BCUT2D eigenvalue weighted by Gasteiger charge is 2.37. The first-order valence-corrected chi connectivity index (χ1v) is 10.8. The van der Waals surface area contributed by atoms with E-state index < -0.39 is 11.7 Å². The summed E-state index contributed by atoms with van der Waals surface area (Å²) in [6.07, 6.45) is 1.32. The lowest BCUT2D eigenvalue weighted by Gasteiger charge is -2.25. The Hall–Kier alpha value is -2.83. The molecule has 0 radical (unpaired) electrons. The molecular weight excluding hydrogens is 405 g/mol. The summed E-state index contributed by atoms with van der Waals surface area (Å²) in [5, 5.41) is 0. The molecule has 2 heterocycles. The van der Waals surface area contributed by atoms with E-state index in [0.717, 1.165) is 44.6 Å². The quantitative estimate of drug-likeness (QED) is 0.487. The summed E-state index contributed by atoms with van der Waals surface area (Å²) in [5.74, 6) is 0.748. The molecule has 162 valence electrons. The number of halogens is 3. The van der Waals surface area contributed by atoms with Gasteiger partial charge in [-0.2, -0.15) is 13.2 Å². The number of rotatable bonds is 3. The van der Waals surface area contributed by atoms with Crippen LogP contribution in [-0.2, 0) is 11.0 Å². The monoisotopic (exact) mass is 428 g/mol. The molecule has 5 rings (SSSR count). The molecule has 0 spiro atoms. The molecule has 0 N–H and O–H groups in total. The fourth-order valence-electron chi connectivity index (χ4n) is 4.93. The van der Waals surface area contributed by atoms with Crippen molar-refractivity contribution in [3.63, 3.8) is 0 Å². The highest BCUT2D eigenvalue weighted by molar-refractivity contribution is 5.82. The number of amides is 1. The van der Waals surface area contributed by atoms with Gasteiger partial charge in [0.15, 0.2) is 5.58 Å². The number of hydrogen-bond donors (Lipinski definition) is 0. The van der Waals surface area contributed by atoms with Gasteiger partial charge in [0.05, 0.1) is 5.56 Å². The summed E-state index contributed by atoms with van der Waals surface area (Å²) in [7, 11) is 0. The van der Waals surface area contributed by atoms with Gasteiger partial charge in [-0.1, -0.05) is 37.1 Å². The molecular formula is C24H23F3N2O2. The summed E-state index contributed by atoms with van der Waals surface area (Å²) < 4.78 is 46.3. The van der Waals surface area contributed by atoms with E-state index in [1.54, 1.807) is 24.3 Å². The molecule has 2 fully saturated rings. The van der Waals surface area contributed by atoms with Crippen molar-refractivity contribution in [2.24, 2.45) is 5.92 Å². The van der Waals surface area contributed by atoms with Crippen molar-refractivity contribution in [1.29, 1.82) is 0 Å². The molecule has 1 aliphatic carbocycles. The van der Waals surface area contributed by atoms with Crippen molar-refractivity contribution in [2.75, 3.05) is 6.54 Å². The zero-order chi connectivity index (χ0) is 21.6. The SMILES string of the molecule is O=C(C1CCCC1)N1CCCC1c1nc2cc(-c3ccccc3C(F)(F)F)ccc2o1. The number of fused-ring (bicyclic) bond motifs is 1. The first-order chi connectivity index (χ1) is 14.9. The van der Waals surface area contributed by atoms with Crippen LogP contribution in [0.3, 0.4) is 0 Å². The third-order valence-corrected chi connectivity index (χ3v) is 6.47. The van der Waals surface area contributed by atoms with Crippen molar-refractivity contribution in [3.05, 3.63) is 53.9 Å². The molecule has 4 nitrogen and oxygen atoms in total. The molecule has 1 aromatic heterocycles. The Morgan fingerprint density at radius 2 is 1.81 bits per heavy atom. The second-order valence-electron chi connectivity index (χ2n) is 8.45. The maximum atomic E-state index is 13.4. The number of oxazole rings is 1. The Bertz CT molecular complexity index is 1120. The highest BCUT2D eigenvalue weighted by atomic mass is 19.4. The molecule has 1 amide bonds. The molecule has 0 bridgehead atoms. The van der Waals surface area contributed by atoms with Gasteiger partial charge >= 0.3 is 6.18 Å². The fourth-order valence-corrected chi connectivity index (χ4v) is 4.93. The Morgan fingerprint density at radius 1 is 1.03 bits per heavy atom. The van der Waals surface area contributed by atoms with Gasteiger partial charge in [-0.05, 0) is 55.0 Å². The third kappa shape index (κ3) is 3.70. The first kappa shape index (κ1) is 20.1. The lowest BCUT2D eigenvalue weighted by molar-refractivity contribution is -0.137. The topological polar surface area (TPSA) is 46.3 Å². The number of aromatic nitrogens is 1. The van der Waals surface area contributed by atoms with Gasteiger partial charge in [-0.25, -0.2) is 4.98 Å². The lowest BCUT2D eigenvalue weighted by atomic mass is 9.99. The molecule has 1 atom stereocenters. The summed E-state index contributed by atoms with van der Waals surface area (Å²) in [4.78, 5) is 19.4. The number of alkyl halides is 3. The van der Waals surface area contributed by atoms with E-state index in [0.29, 0.717) is 29.1 Å². The number of carbonyl (C=O) groups is 1. The summed E-state index contributed by atoms with van der Waals surface area (Å²) in [6.45, 7) is 0.697. The minimum absolute atomic E-state index is 0.0930. The Labute approximate surface area is 178 Å². The number of nitrogens with zero attached hydrogens (tertiary/aromatic N) is 2. The van der Waals surface area contributed by atoms with Crippen LogP contribution in [0.15, 0.2) is 46.9 Å². The van der Waals surface area contributed by atoms with Crippen LogP contribution in [0.1, 0.15) is 56.0 Å². The van der Waals surface area contributed by atoms with Gasteiger partial charge in [-0.15, -0.1) is 0 Å². The Kier molecular flexibility index (Phi) is 4.99. The number of likely N-dealkylation sites (tertiary alicyclic amines) is 1. The van der Waals surface area contributed by atoms with Crippen LogP contribution in [0, 0.1) is 5.92 Å². The predicted octanol–water partition coefficient (Wildman–Crippen LogP) is 6.37. The van der Waals surface area contributed by atoms with E-state index in [1.165, 1.54) is 12.1 Å². The van der Waals surface area contributed by atoms with E-state index in [1.807, 2.05) is 4.90 Å². The molecule has 1 unspecified atom stereocenters. The van der Waals surface area contributed by atoms with Crippen LogP contribution >= 0.6 is 0 Å². The average molecular weight is 428 g/mol. The van der Waals surface area contributed by atoms with Gasteiger partial charge in [0.1, 0.15) is 11.6 Å². The van der Waals surface area contributed by atoms with Crippen LogP contribution < -0.4 is 0 Å². The average Bonchev–Trinajstić information content (AvgIpc) is 3.52. The van der Waals surface area contributed by atoms with Crippen molar-refractivity contribution < 1.29 is 22.4 Å². The maximum Gasteiger partial charge on any atom is 0.417 e. The normalized spacial score (nSPS) is 20.1. The fraction of sp³-hybridized carbons (Fsp3) is 0.417. The lowest BCUT2D eigenvalue weighted by Crippen LogP contribution is -2.34. The molecule has 3 aromatic rings. The Morgan fingerprint density at radius 3 is 2.58 bits per heavy atom. The summed E-state index contributed by atoms with van der Waals surface area (Å²) >= 11 is 0. The first-order valence-electron chi connectivity index (χ1n) is 10.8. The van der Waals surface area contributed by atoms with E-state index in [2.05, 4.69) is 4.98 Å². The van der Waals surface area contributed by atoms with Gasteiger partial charge in [0.2, 0.25) is 11.8 Å². The number of carbonyl (C=O) groups excluding carboxylic acids is 1. The zero-order valence-corrected chi connectivity index (χ0v) is 17.0. The molecule has 7 heteroatoms. The van der Waals surface area contributed by atoms with Crippen molar-refractivity contribution in [1.82, 2.24) is 9.88 Å². The molecule has 1 saturated heterocycles. The maximum absolute atomic E-state index is 13.4. The van der Waals surface area contributed by atoms with E-state index in [4.69, 9.17) is 4.42 Å². The molecule has 31 heavy (non-hydrogen) atoms. The van der Waals surface area contributed by atoms with Crippen molar-refractivity contribution in [2.45, 2.75) is 50.7 Å². The van der Waals surface area contributed by atoms with Crippen LogP contribution in [0.2, 0.25) is 0 Å². The van der Waals surface area contributed by atoms with E-state index in [9.17, 15) is 18.0 Å².